The highest BCUT2D eigenvalue weighted by Gasteiger charge is 2.08. The molecule has 0 saturated carbocycles. The number of para-hydroxylation sites is 1. The maximum Gasteiger partial charge on any atom is 0.255 e. The molecule has 3 aromatic rings. The van der Waals surface area contributed by atoms with Crippen molar-refractivity contribution in [2.75, 3.05) is 29.8 Å². The van der Waals surface area contributed by atoms with Gasteiger partial charge in [-0.2, -0.15) is 0 Å². The number of carbonyl (C=O) groups excluding carboxylic acids is 1. The van der Waals surface area contributed by atoms with E-state index in [9.17, 15) is 13.2 Å². The molecular weight excluding hydrogens is 434 g/mol. The molecule has 172 valence electrons. The first kappa shape index (κ1) is 24.1. The quantitative estimate of drug-likeness (QED) is 0.403. The van der Waals surface area contributed by atoms with Crippen LogP contribution in [0.1, 0.15) is 28.8 Å². The second-order valence-corrected chi connectivity index (χ2v) is 9.22. The van der Waals surface area contributed by atoms with Gasteiger partial charge in [-0.05, 0) is 60.9 Å². The second kappa shape index (κ2) is 11.9. The first-order valence-corrected chi connectivity index (χ1v) is 12.4. The van der Waals surface area contributed by atoms with Gasteiger partial charge in [0.05, 0.1) is 5.41 Å². The van der Waals surface area contributed by atoms with Gasteiger partial charge in [-0.15, -0.1) is 0 Å². The third-order valence-electron chi connectivity index (χ3n) is 5.05. The number of nitrogens with zero attached hydrogens (tertiary/aromatic N) is 1. The van der Waals surface area contributed by atoms with Crippen molar-refractivity contribution in [1.82, 2.24) is 5.32 Å². The Morgan fingerprint density at radius 3 is 2.18 bits per heavy atom. The van der Waals surface area contributed by atoms with Crippen molar-refractivity contribution in [2.45, 2.75) is 12.8 Å². The maximum atomic E-state index is 12.3. The minimum Gasteiger partial charge on any atom is -0.375 e. The normalized spacial score (nSPS) is 11.3. The molecule has 0 saturated heterocycles. The van der Waals surface area contributed by atoms with Crippen LogP contribution in [-0.4, -0.2) is 34.5 Å². The van der Waals surface area contributed by atoms with Gasteiger partial charge in [-0.3, -0.25) is 9.52 Å². The molecule has 3 aromatic carbocycles. The average molecular weight is 464 g/mol. The number of benzene rings is 3. The van der Waals surface area contributed by atoms with Crippen LogP contribution < -0.4 is 14.9 Å². The Hall–Kier alpha value is -3.58. The Bertz CT molecular complexity index is 1150. The van der Waals surface area contributed by atoms with Gasteiger partial charge in [0.15, 0.2) is 0 Å². The molecule has 3 rings (SSSR count). The van der Waals surface area contributed by atoms with Crippen molar-refractivity contribution in [2.24, 2.45) is 0 Å². The van der Waals surface area contributed by atoms with Crippen LogP contribution in [0.15, 0.2) is 90.3 Å². The van der Waals surface area contributed by atoms with Gasteiger partial charge in [0.25, 0.3) is 15.9 Å². The fourth-order valence-corrected chi connectivity index (χ4v) is 4.08. The van der Waals surface area contributed by atoms with E-state index in [4.69, 9.17) is 0 Å². The van der Waals surface area contributed by atoms with E-state index < -0.39 is 10.0 Å². The molecule has 0 unspecified atom stereocenters. The summed E-state index contributed by atoms with van der Waals surface area (Å²) in [7, 11) is -1.59. The molecule has 6 nitrogen and oxygen atoms in total. The number of nitrogens with one attached hydrogen (secondary N) is 2. The SMILES string of the molecule is CN(CCCCNC(=O)c1ccc(NS(=O)(=O)/C=C/c2ccccc2)cc1)c1ccccc1. The zero-order chi connectivity index (χ0) is 23.5. The van der Waals surface area contributed by atoms with Gasteiger partial charge < -0.3 is 10.2 Å². The standard InChI is InChI=1S/C26H29N3O3S/c1-29(25-12-6-3-7-13-25)20-9-8-19-27-26(30)23-14-16-24(17-15-23)28-33(31,32)21-18-22-10-4-2-5-11-22/h2-7,10-18,21,28H,8-9,19-20H2,1H3,(H,27,30)/b21-18+. The first-order chi connectivity index (χ1) is 15.9. The zero-order valence-electron chi connectivity index (χ0n) is 18.6. The molecule has 0 bridgehead atoms. The van der Waals surface area contributed by atoms with Crippen LogP contribution in [0.4, 0.5) is 11.4 Å². The molecule has 0 spiro atoms. The summed E-state index contributed by atoms with van der Waals surface area (Å²) < 4.78 is 27.0. The van der Waals surface area contributed by atoms with Crippen LogP contribution in [0.25, 0.3) is 6.08 Å². The predicted octanol–water partition coefficient (Wildman–Crippen LogP) is 4.75. The molecule has 0 fully saturated rings. The van der Waals surface area contributed by atoms with E-state index in [1.165, 1.54) is 11.8 Å². The van der Waals surface area contributed by atoms with E-state index in [2.05, 4.69) is 34.1 Å². The molecule has 7 heteroatoms. The monoisotopic (exact) mass is 463 g/mol. The molecular formula is C26H29N3O3S. The summed E-state index contributed by atoms with van der Waals surface area (Å²) in [5.41, 5.74) is 2.85. The topological polar surface area (TPSA) is 78.5 Å². The predicted molar refractivity (Wildman–Crippen MR) is 136 cm³/mol. The average Bonchev–Trinajstić information content (AvgIpc) is 2.84. The van der Waals surface area contributed by atoms with Crippen LogP contribution in [0.3, 0.4) is 0 Å². The number of unbranched alkanes of at least 4 members (excludes halogenated alkanes) is 1. The van der Waals surface area contributed by atoms with Gasteiger partial charge in [0.1, 0.15) is 0 Å². The number of amides is 1. The number of hydrogen-bond donors (Lipinski definition) is 2. The van der Waals surface area contributed by atoms with Gasteiger partial charge in [0, 0.05) is 37.1 Å². The summed E-state index contributed by atoms with van der Waals surface area (Å²) in [6.07, 6.45) is 3.36. The summed E-state index contributed by atoms with van der Waals surface area (Å²) in [4.78, 5) is 14.5. The molecule has 2 N–H and O–H groups in total. The summed E-state index contributed by atoms with van der Waals surface area (Å²) in [6.45, 7) is 1.49. The molecule has 0 atom stereocenters. The zero-order valence-corrected chi connectivity index (χ0v) is 19.5. The Morgan fingerprint density at radius 2 is 1.52 bits per heavy atom. The van der Waals surface area contributed by atoms with Crippen LogP contribution in [0, 0.1) is 0 Å². The second-order valence-electron chi connectivity index (χ2n) is 7.66. The fraction of sp³-hybridized carbons (Fsp3) is 0.192. The van der Waals surface area contributed by atoms with E-state index >= 15 is 0 Å². The molecule has 0 aliphatic carbocycles. The van der Waals surface area contributed by atoms with Crippen molar-refractivity contribution < 1.29 is 13.2 Å². The van der Waals surface area contributed by atoms with E-state index in [1.54, 1.807) is 24.3 Å². The number of rotatable bonds is 11. The summed E-state index contributed by atoms with van der Waals surface area (Å²) in [5.74, 6) is -0.176. The van der Waals surface area contributed by atoms with Crippen LogP contribution in [0.2, 0.25) is 0 Å². The van der Waals surface area contributed by atoms with Gasteiger partial charge in [0.2, 0.25) is 0 Å². The minimum absolute atomic E-state index is 0.176. The molecule has 33 heavy (non-hydrogen) atoms. The van der Waals surface area contributed by atoms with Crippen molar-refractivity contribution >= 4 is 33.4 Å². The number of anilines is 2. The van der Waals surface area contributed by atoms with Crippen molar-refractivity contribution in [3.05, 3.63) is 101 Å². The van der Waals surface area contributed by atoms with Crippen molar-refractivity contribution in [3.63, 3.8) is 0 Å². The van der Waals surface area contributed by atoms with Gasteiger partial charge >= 0.3 is 0 Å². The Labute approximate surface area is 196 Å². The number of hydrogen-bond acceptors (Lipinski definition) is 4. The van der Waals surface area contributed by atoms with E-state index in [0.29, 0.717) is 17.8 Å². The highest BCUT2D eigenvalue weighted by molar-refractivity contribution is 7.95. The molecule has 0 radical (unpaired) electrons. The third-order valence-corrected chi connectivity index (χ3v) is 6.06. The Kier molecular flexibility index (Phi) is 8.66. The lowest BCUT2D eigenvalue weighted by molar-refractivity contribution is 0.0953. The summed E-state index contributed by atoms with van der Waals surface area (Å²) in [6, 6.07) is 25.7. The van der Waals surface area contributed by atoms with E-state index in [-0.39, 0.29) is 5.91 Å². The summed E-state index contributed by atoms with van der Waals surface area (Å²) in [5, 5.41) is 4.03. The highest BCUT2D eigenvalue weighted by atomic mass is 32.2. The number of sulfonamides is 1. The Morgan fingerprint density at radius 1 is 0.879 bits per heavy atom. The van der Waals surface area contributed by atoms with Gasteiger partial charge in [-0.1, -0.05) is 48.5 Å². The van der Waals surface area contributed by atoms with Crippen LogP contribution >= 0.6 is 0 Å². The lowest BCUT2D eigenvalue weighted by Gasteiger charge is -2.19. The maximum absolute atomic E-state index is 12.3. The smallest absolute Gasteiger partial charge is 0.255 e. The lowest BCUT2D eigenvalue weighted by Crippen LogP contribution is -2.25. The molecule has 0 heterocycles. The fourth-order valence-electron chi connectivity index (χ4n) is 3.21. The number of carbonyl (C=O) groups is 1. The molecule has 0 aliphatic heterocycles. The van der Waals surface area contributed by atoms with Crippen LogP contribution in [-0.2, 0) is 10.0 Å². The van der Waals surface area contributed by atoms with E-state index in [0.717, 1.165) is 30.4 Å². The third kappa shape index (κ3) is 8.12. The highest BCUT2D eigenvalue weighted by Crippen LogP contribution is 2.14. The van der Waals surface area contributed by atoms with Crippen molar-refractivity contribution in [1.29, 1.82) is 0 Å². The first-order valence-electron chi connectivity index (χ1n) is 10.8. The molecule has 0 aliphatic rings. The Balaban J connectivity index is 1.41. The lowest BCUT2D eigenvalue weighted by atomic mass is 10.2. The van der Waals surface area contributed by atoms with E-state index in [1.807, 2.05) is 48.5 Å². The summed E-state index contributed by atoms with van der Waals surface area (Å²) >= 11 is 0. The minimum atomic E-state index is -3.65. The van der Waals surface area contributed by atoms with Crippen molar-refractivity contribution in [3.8, 4) is 0 Å². The van der Waals surface area contributed by atoms with Gasteiger partial charge in [-0.25, -0.2) is 8.42 Å². The molecule has 1 amide bonds. The van der Waals surface area contributed by atoms with Crippen LogP contribution in [0.5, 0.6) is 0 Å². The molecule has 0 aromatic heterocycles. The largest absolute Gasteiger partial charge is 0.375 e.